The third-order valence-electron chi connectivity index (χ3n) is 7.66. The molecule has 4 aromatic carbocycles. The molecule has 0 radical (unpaired) electrons. The van der Waals surface area contributed by atoms with Gasteiger partial charge in [0.2, 0.25) is 0 Å². The second-order valence-corrected chi connectivity index (χ2v) is 11.8. The van der Waals surface area contributed by atoms with Gasteiger partial charge < -0.3 is 23.7 Å². The van der Waals surface area contributed by atoms with Crippen molar-refractivity contribution in [3.63, 3.8) is 0 Å². The average molecular weight is 705 g/mol. The summed E-state index contributed by atoms with van der Waals surface area (Å²) in [6, 6.07) is 40.8. The highest BCUT2D eigenvalue weighted by atomic mass is 127. The quantitative estimate of drug-likeness (QED) is 0.0671. The van der Waals surface area contributed by atoms with E-state index in [9.17, 15) is 0 Å². The minimum Gasteiger partial charge on any atom is -0.374 e. The van der Waals surface area contributed by atoms with Crippen LogP contribution in [-0.4, -0.2) is 41.6 Å². The van der Waals surface area contributed by atoms with E-state index in [0.717, 1.165) is 32.3 Å². The first-order valence-corrected chi connectivity index (χ1v) is 16.7. The van der Waals surface area contributed by atoms with Crippen LogP contribution in [0.15, 0.2) is 133 Å². The molecule has 44 heavy (non-hydrogen) atoms. The molecule has 0 saturated carbocycles. The standard InChI is InChI=1S/C38H41IO5/c1-29(23-39)22-34-36(41-25-31-16-8-3-9-17-31)38(43-27-33-20-12-5-13-21-33)37(42-26-32-18-10-4-11-19-32)35(44-34)28-40-24-30-14-6-2-7-15-30/h2-21,34-38H,1,22-28H2/t34-,35-,36+,37-,38-/m1/s1. The second kappa shape index (κ2) is 17.6. The SMILES string of the molecule is C=C(CI)C[C@H]1O[C@H](COCc2ccccc2)[C@@H](OCc2ccccc2)[C@H](OCc2ccccc2)[C@H]1OCc1ccccc1. The highest BCUT2D eigenvalue weighted by Gasteiger charge is 2.48. The van der Waals surface area contributed by atoms with Crippen LogP contribution in [0.25, 0.3) is 0 Å². The summed E-state index contributed by atoms with van der Waals surface area (Å²) in [5.74, 6) is 0. The van der Waals surface area contributed by atoms with E-state index in [2.05, 4.69) is 77.7 Å². The first-order valence-electron chi connectivity index (χ1n) is 15.2. The van der Waals surface area contributed by atoms with E-state index in [-0.39, 0.29) is 18.3 Å². The first kappa shape index (κ1) is 32.5. The molecule has 0 N–H and O–H groups in total. The summed E-state index contributed by atoms with van der Waals surface area (Å²) in [5.41, 5.74) is 5.48. The monoisotopic (exact) mass is 704 g/mol. The molecule has 6 heteroatoms. The minimum absolute atomic E-state index is 0.274. The predicted molar refractivity (Wildman–Crippen MR) is 182 cm³/mol. The summed E-state index contributed by atoms with van der Waals surface area (Å²) < 4.78 is 34.2. The summed E-state index contributed by atoms with van der Waals surface area (Å²) in [6.07, 6.45) is -1.21. The molecule has 1 aliphatic rings. The Hall–Kier alpha value is -2.85. The Bertz CT molecular complexity index is 1370. The number of benzene rings is 4. The molecule has 4 aromatic rings. The van der Waals surface area contributed by atoms with Crippen molar-refractivity contribution >= 4 is 22.6 Å². The Morgan fingerprint density at radius 3 is 1.36 bits per heavy atom. The lowest BCUT2D eigenvalue weighted by Crippen LogP contribution is -2.61. The van der Waals surface area contributed by atoms with Gasteiger partial charge >= 0.3 is 0 Å². The summed E-state index contributed by atoms with van der Waals surface area (Å²) in [4.78, 5) is 0. The van der Waals surface area contributed by atoms with Crippen LogP contribution in [0.2, 0.25) is 0 Å². The molecule has 5 rings (SSSR count). The highest BCUT2D eigenvalue weighted by molar-refractivity contribution is 14.1. The lowest BCUT2D eigenvalue weighted by Gasteiger charge is -2.46. The third kappa shape index (κ3) is 9.83. The zero-order valence-electron chi connectivity index (χ0n) is 25.0. The van der Waals surface area contributed by atoms with Gasteiger partial charge in [-0.05, 0) is 28.7 Å². The molecule has 1 fully saturated rings. The smallest absolute Gasteiger partial charge is 0.115 e. The van der Waals surface area contributed by atoms with Gasteiger partial charge in [-0.15, -0.1) is 0 Å². The lowest BCUT2D eigenvalue weighted by atomic mass is 9.91. The van der Waals surface area contributed by atoms with Crippen molar-refractivity contribution in [1.29, 1.82) is 0 Å². The van der Waals surface area contributed by atoms with E-state index in [1.807, 2.05) is 72.8 Å². The zero-order valence-corrected chi connectivity index (χ0v) is 27.2. The molecular weight excluding hydrogens is 663 g/mol. The van der Waals surface area contributed by atoms with E-state index in [0.29, 0.717) is 39.5 Å². The van der Waals surface area contributed by atoms with E-state index in [1.54, 1.807) is 0 Å². The third-order valence-corrected chi connectivity index (χ3v) is 8.74. The Morgan fingerprint density at radius 2 is 0.932 bits per heavy atom. The van der Waals surface area contributed by atoms with E-state index in [4.69, 9.17) is 23.7 Å². The van der Waals surface area contributed by atoms with Crippen molar-refractivity contribution < 1.29 is 23.7 Å². The molecule has 1 saturated heterocycles. The molecular formula is C38H41IO5. The Morgan fingerprint density at radius 1 is 0.545 bits per heavy atom. The number of rotatable bonds is 16. The minimum atomic E-state index is -0.431. The Balaban J connectivity index is 1.43. The summed E-state index contributed by atoms with van der Waals surface area (Å²) in [5, 5.41) is 0. The summed E-state index contributed by atoms with van der Waals surface area (Å²) in [6.45, 7) is 6.45. The van der Waals surface area contributed by atoms with Crippen molar-refractivity contribution in [2.45, 2.75) is 63.4 Å². The highest BCUT2D eigenvalue weighted by Crippen LogP contribution is 2.33. The molecule has 1 heterocycles. The molecule has 230 valence electrons. The van der Waals surface area contributed by atoms with Gasteiger partial charge in [-0.3, -0.25) is 0 Å². The van der Waals surface area contributed by atoms with Crippen LogP contribution >= 0.6 is 22.6 Å². The number of halogens is 1. The fraction of sp³-hybridized carbons (Fsp3) is 0.316. The van der Waals surface area contributed by atoms with Crippen LogP contribution in [0.5, 0.6) is 0 Å². The molecule has 0 bridgehead atoms. The van der Waals surface area contributed by atoms with Gasteiger partial charge in [0.25, 0.3) is 0 Å². The van der Waals surface area contributed by atoms with Crippen LogP contribution in [0.3, 0.4) is 0 Å². The molecule has 0 spiro atoms. The molecule has 1 aliphatic heterocycles. The van der Waals surface area contributed by atoms with Gasteiger partial charge in [-0.1, -0.05) is 156 Å². The Labute approximate surface area is 275 Å². The summed E-state index contributed by atoms with van der Waals surface area (Å²) >= 11 is 2.36. The molecule has 0 aromatic heterocycles. The van der Waals surface area contributed by atoms with Crippen LogP contribution in [0.1, 0.15) is 28.7 Å². The maximum atomic E-state index is 6.86. The van der Waals surface area contributed by atoms with Crippen LogP contribution < -0.4 is 0 Å². The van der Waals surface area contributed by atoms with E-state index >= 15 is 0 Å². The molecule has 0 aliphatic carbocycles. The molecule has 0 amide bonds. The van der Waals surface area contributed by atoms with Gasteiger partial charge in [0.15, 0.2) is 0 Å². The molecule has 5 nitrogen and oxygen atoms in total. The van der Waals surface area contributed by atoms with Crippen LogP contribution in [0.4, 0.5) is 0 Å². The normalized spacial score (nSPS) is 21.6. The number of hydrogen-bond acceptors (Lipinski definition) is 5. The number of alkyl halides is 1. The van der Waals surface area contributed by atoms with Crippen molar-refractivity contribution in [3.8, 4) is 0 Å². The second-order valence-electron chi connectivity index (χ2n) is 11.1. The van der Waals surface area contributed by atoms with Crippen molar-refractivity contribution in [2.24, 2.45) is 0 Å². The van der Waals surface area contributed by atoms with Crippen molar-refractivity contribution in [1.82, 2.24) is 0 Å². The van der Waals surface area contributed by atoms with Gasteiger partial charge in [-0.2, -0.15) is 0 Å². The van der Waals surface area contributed by atoms with Crippen molar-refractivity contribution in [3.05, 3.63) is 156 Å². The fourth-order valence-corrected chi connectivity index (χ4v) is 5.70. The lowest BCUT2D eigenvalue weighted by molar-refractivity contribution is -0.272. The first-order chi connectivity index (χ1) is 21.7. The van der Waals surface area contributed by atoms with Gasteiger partial charge in [0.1, 0.15) is 24.4 Å². The van der Waals surface area contributed by atoms with Gasteiger partial charge in [0.05, 0.1) is 39.1 Å². The predicted octanol–water partition coefficient (Wildman–Crippen LogP) is 8.11. The molecule has 0 unspecified atom stereocenters. The zero-order chi connectivity index (χ0) is 30.4. The topological polar surface area (TPSA) is 46.2 Å². The van der Waals surface area contributed by atoms with E-state index < -0.39 is 12.2 Å². The van der Waals surface area contributed by atoms with Crippen LogP contribution in [0, 0.1) is 0 Å². The fourth-order valence-electron chi connectivity index (χ4n) is 5.39. The largest absolute Gasteiger partial charge is 0.374 e. The van der Waals surface area contributed by atoms with Gasteiger partial charge in [-0.25, -0.2) is 0 Å². The average Bonchev–Trinajstić information content (AvgIpc) is 3.08. The molecule has 5 atom stereocenters. The van der Waals surface area contributed by atoms with Gasteiger partial charge in [0, 0.05) is 4.43 Å². The van der Waals surface area contributed by atoms with Crippen molar-refractivity contribution in [2.75, 3.05) is 11.0 Å². The summed E-state index contributed by atoms with van der Waals surface area (Å²) in [7, 11) is 0. The van der Waals surface area contributed by atoms with Crippen LogP contribution in [-0.2, 0) is 50.1 Å². The Kier molecular flexibility index (Phi) is 13.0. The van der Waals surface area contributed by atoms with E-state index in [1.165, 1.54) is 0 Å². The number of hydrogen-bond donors (Lipinski definition) is 0. The maximum absolute atomic E-state index is 6.86. The number of ether oxygens (including phenoxy) is 5. The maximum Gasteiger partial charge on any atom is 0.115 e.